The zero-order valence-corrected chi connectivity index (χ0v) is 12.8. The second-order valence-electron chi connectivity index (χ2n) is 5.07. The highest BCUT2D eigenvalue weighted by molar-refractivity contribution is 5.81. The Balaban J connectivity index is 1.99. The van der Waals surface area contributed by atoms with Gasteiger partial charge in [0.05, 0.1) is 19.3 Å². The minimum absolute atomic E-state index is 0.0324. The second kappa shape index (κ2) is 11.0. The first kappa shape index (κ1) is 17.4. The number of rotatable bonds is 10. The van der Waals surface area contributed by atoms with Crippen molar-refractivity contribution in [1.82, 2.24) is 15.5 Å². The van der Waals surface area contributed by atoms with Gasteiger partial charge in [-0.1, -0.05) is 0 Å². The molecule has 0 aromatic carbocycles. The summed E-state index contributed by atoms with van der Waals surface area (Å²) in [5.41, 5.74) is 0. The van der Waals surface area contributed by atoms with Crippen molar-refractivity contribution in [3.63, 3.8) is 0 Å². The van der Waals surface area contributed by atoms with Crippen molar-refractivity contribution >= 4 is 5.91 Å². The largest absolute Gasteiger partial charge is 0.382 e. The third-order valence-electron chi connectivity index (χ3n) is 3.53. The van der Waals surface area contributed by atoms with Crippen molar-refractivity contribution < 1.29 is 14.3 Å². The summed E-state index contributed by atoms with van der Waals surface area (Å²) in [7, 11) is 1.67. The lowest BCUT2D eigenvalue weighted by molar-refractivity contribution is -0.126. The molecule has 1 atom stereocenters. The smallest absolute Gasteiger partial charge is 0.237 e. The van der Waals surface area contributed by atoms with Crippen LogP contribution in [0, 0.1) is 0 Å². The van der Waals surface area contributed by atoms with Gasteiger partial charge < -0.3 is 20.1 Å². The fourth-order valence-electron chi connectivity index (χ4n) is 2.17. The van der Waals surface area contributed by atoms with E-state index in [0.29, 0.717) is 13.2 Å². The Morgan fingerprint density at radius 2 is 2.00 bits per heavy atom. The number of hydrogen-bond donors (Lipinski definition) is 2. The number of carbonyl (C=O) groups is 1. The lowest BCUT2D eigenvalue weighted by Gasteiger charge is -2.31. The minimum atomic E-state index is -0.0324. The summed E-state index contributed by atoms with van der Waals surface area (Å²) in [5, 5.41) is 6.29. The molecule has 118 valence electrons. The second-order valence-corrected chi connectivity index (χ2v) is 5.07. The van der Waals surface area contributed by atoms with E-state index >= 15 is 0 Å². The molecule has 20 heavy (non-hydrogen) atoms. The standard InChI is InChI=1S/C14H29N3O3/c1-13(17-8-6-15-7-9-17)14(18)16-5-3-4-10-20-12-11-19-2/h13,15H,3-12H2,1-2H3,(H,16,18). The molecular formula is C14H29N3O3. The molecule has 0 spiro atoms. The number of nitrogens with zero attached hydrogens (tertiary/aromatic N) is 1. The van der Waals surface area contributed by atoms with Crippen LogP contribution in [0.3, 0.4) is 0 Å². The Kier molecular flexibility index (Phi) is 9.57. The number of hydrogen-bond acceptors (Lipinski definition) is 5. The van der Waals surface area contributed by atoms with Crippen LogP contribution in [0.25, 0.3) is 0 Å². The van der Waals surface area contributed by atoms with Crippen molar-refractivity contribution in [3.8, 4) is 0 Å². The summed E-state index contributed by atoms with van der Waals surface area (Å²) in [6.07, 6.45) is 1.92. The maximum Gasteiger partial charge on any atom is 0.237 e. The summed E-state index contributed by atoms with van der Waals surface area (Å²) in [6.45, 7) is 8.54. The van der Waals surface area contributed by atoms with E-state index < -0.39 is 0 Å². The zero-order chi connectivity index (χ0) is 14.6. The summed E-state index contributed by atoms with van der Waals surface area (Å²) in [6, 6.07) is -0.0324. The van der Waals surface area contributed by atoms with Gasteiger partial charge in [0.15, 0.2) is 0 Å². The summed E-state index contributed by atoms with van der Waals surface area (Å²) >= 11 is 0. The highest BCUT2D eigenvalue weighted by Crippen LogP contribution is 2.01. The highest BCUT2D eigenvalue weighted by atomic mass is 16.5. The molecule has 6 nitrogen and oxygen atoms in total. The number of carbonyl (C=O) groups excluding carboxylic acids is 1. The van der Waals surface area contributed by atoms with Crippen molar-refractivity contribution in [2.75, 3.05) is 59.7 Å². The topological polar surface area (TPSA) is 62.8 Å². The SMILES string of the molecule is COCCOCCCCNC(=O)C(C)N1CCNCC1. The highest BCUT2D eigenvalue weighted by Gasteiger charge is 2.21. The van der Waals surface area contributed by atoms with Crippen LogP contribution in [0.1, 0.15) is 19.8 Å². The van der Waals surface area contributed by atoms with Crippen molar-refractivity contribution in [3.05, 3.63) is 0 Å². The summed E-state index contributed by atoms with van der Waals surface area (Å²) in [5.74, 6) is 0.132. The molecule has 1 saturated heterocycles. The predicted octanol–water partition coefficient (Wildman–Crippen LogP) is -0.160. The van der Waals surface area contributed by atoms with Crippen molar-refractivity contribution in [2.24, 2.45) is 0 Å². The Labute approximate surface area is 122 Å². The van der Waals surface area contributed by atoms with Gasteiger partial charge in [-0.3, -0.25) is 9.69 Å². The lowest BCUT2D eigenvalue weighted by atomic mass is 10.2. The molecule has 0 radical (unpaired) electrons. The van der Waals surface area contributed by atoms with E-state index in [1.807, 2.05) is 6.92 Å². The predicted molar refractivity (Wildman–Crippen MR) is 78.8 cm³/mol. The molecule has 0 aromatic heterocycles. The van der Waals surface area contributed by atoms with Crippen LogP contribution < -0.4 is 10.6 Å². The number of amides is 1. The molecule has 0 saturated carbocycles. The zero-order valence-electron chi connectivity index (χ0n) is 12.8. The molecule has 1 rings (SSSR count). The van der Waals surface area contributed by atoms with Crippen molar-refractivity contribution in [2.45, 2.75) is 25.8 Å². The fraction of sp³-hybridized carbons (Fsp3) is 0.929. The maximum atomic E-state index is 12.0. The Morgan fingerprint density at radius 1 is 1.25 bits per heavy atom. The molecule has 0 bridgehead atoms. The molecule has 2 N–H and O–H groups in total. The first-order valence-electron chi connectivity index (χ1n) is 7.55. The van der Waals surface area contributed by atoms with Gasteiger partial charge >= 0.3 is 0 Å². The van der Waals surface area contributed by atoms with Gasteiger partial charge in [0.2, 0.25) is 5.91 Å². The number of nitrogens with one attached hydrogen (secondary N) is 2. The third-order valence-corrected chi connectivity index (χ3v) is 3.53. The minimum Gasteiger partial charge on any atom is -0.382 e. The first-order valence-corrected chi connectivity index (χ1v) is 7.55. The van der Waals surface area contributed by atoms with Gasteiger partial charge in [-0.15, -0.1) is 0 Å². The molecular weight excluding hydrogens is 258 g/mol. The van der Waals surface area contributed by atoms with Crippen LogP contribution in [-0.2, 0) is 14.3 Å². The Morgan fingerprint density at radius 3 is 2.70 bits per heavy atom. The number of ether oxygens (including phenoxy) is 2. The molecule has 1 aliphatic heterocycles. The molecule has 1 fully saturated rings. The Bertz CT molecular complexity index is 258. The van der Waals surface area contributed by atoms with Crippen LogP contribution in [0.4, 0.5) is 0 Å². The van der Waals surface area contributed by atoms with E-state index in [-0.39, 0.29) is 11.9 Å². The molecule has 1 heterocycles. The average molecular weight is 287 g/mol. The fourth-order valence-corrected chi connectivity index (χ4v) is 2.17. The van der Waals surface area contributed by atoms with E-state index in [1.165, 1.54) is 0 Å². The van der Waals surface area contributed by atoms with Gasteiger partial charge in [-0.2, -0.15) is 0 Å². The third kappa shape index (κ3) is 7.19. The van der Waals surface area contributed by atoms with Gasteiger partial charge in [0.25, 0.3) is 0 Å². The number of unbranched alkanes of at least 4 members (excludes halogenated alkanes) is 1. The van der Waals surface area contributed by atoms with Crippen LogP contribution in [0.15, 0.2) is 0 Å². The normalized spacial score (nSPS) is 17.9. The van der Waals surface area contributed by atoms with Gasteiger partial charge in [0, 0.05) is 46.4 Å². The molecule has 6 heteroatoms. The van der Waals surface area contributed by atoms with Crippen LogP contribution >= 0.6 is 0 Å². The van der Waals surface area contributed by atoms with Crippen LogP contribution in [0.5, 0.6) is 0 Å². The van der Waals surface area contributed by atoms with Crippen LogP contribution in [0.2, 0.25) is 0 Å². The summed E-state index contributed by atoms with van der Waals surface area (Å²) in [4.78, 5) is 14.2. The van der Waals surface area contributed by atoms with Crippen LogP contribution in [-0.4, -0.2) is 76.5 Å². The number of piperazine rings is 1. The van der Waals surface area contributed by atoms with Gasteiger partial charge in [-0.05, 0) is 19.8 Å². The maximum absolute atomic E-state index is 12.0. The van der Waals surface area contributed by atoms with E-state index in [9.17, 15) is 4.79 Å². The average Bonchev–Trinajstić information content (AvgIpc) is 2.50. The van der Waals surface area contributed by atoms with E-state index in [2.05, 4.69) is 15.5 Å². The molecule has 0 aliphatic carbocycles. The Hall–Kier alpha value is -0.690. The molecule has 1 unspecified atom stereocenters. The molecule has 0 aromatic rings. The first-order chi connectivity index (χ1) is 9.75. The van der Waals surface area contributed by atoms with Gasteiger partial charge in [0.1, 0.15) is 0 Å². The molecule has 1 aliphatic rings. The lowest BCUT2D eigenvalue weighted by Crippen LogP contribution is -2.52. The number of methoxy groups -OCH3 is 1. The van der Waals surface area contributed by atoms with Gasteiger partial charge in [-0.25, -0.2) is 0 Å². The molecule has 1 amide bonds. The van der Waals surface area contributed by atoms with E-state index in [1.54, 1.807) is 7.11 Å². The van der Waals surface area contributed by atoms with Crippen molar-refractivity contribution in [1.29, 1.82) is 0 Å². The van der Waals surface area contributed by atoms with E-state index in [0.717, 1.165) is 52.2 Å². The monoisotopic (exact) mass is 287 g/mol. The quantitative estimate of drug-likeness (QED) is 0.547. The van der Waals surface area contributed by atoms with E-state index in [4.69, 9.17) is 9.47 Å². The summed E-state index contributed by atoms with van der Waals surface area (Å²) < 4.78 is 10.3.